The minimum Gasteiger partial charge on any atom is -0.297 e. The molecule has 1 unspecified atom stereocenters. The number of Topliss-reactive ketones (excluding diaryl/α,β-unsaturated/α-hetero) is 1. The topological polar surface area (TPSA) is 40.9 Å². The zero-order valence-electron chi connectivity index (χ0n) is 11.7. The Morgan fingerprint density at radius 1 is 1.26 bits per heavy atom. The molecule has 0 N–H and O–H groups in total. The average Bonchev–Trinajstić information content (AvgIpc) is 2.73. The van der Waals surface area contributed by atoms with Crippen molar-refractivity contribution >= 4 is 5.78 Å². The number of rotatable bonds is 3. The summed E-state index contributed by atoms with van der Waals surface area (Å²) in [6.45, 7) is 8.08. The summed E-state index contributed by atoms with van der Waals surface area (Å²) in [5.74, 6) is -1.85. The maximum Gasteiger partial charge on any atom is 0.158 e. The van der Waals surface area contributed by atoms with Gasteiger partial charge in [-0.1, -0.05) is 45.9 Å². The van der Waals surface area contributed by atoms with E-state index in [1.54, 1.807) is 12.1 Å². The van der Waals surface area contributed by atoms with Crippen molar-refractivity contribution in [2.45, 2.75) is 33.6 Å². The Morgan fingerprint density at radius 2 is 1.79 bits per heavy atom. The summed E-state index contributed by atoms with van der Waals surface area (Å²) in [4.78, 5) is 12.5. The van der Waals surface area contributed by atoms with Crippen molar-refractivity contribution in [3.05, 3.63) is 35.6 Å². The van der Waals surface area contributed by atoms with Crippen LogP contribution in [0.2, 0.25) is 0 Å². The van der Waals surface area contributed by atoms with Crippen LogP contribution in [0.25, 0.3) is 0 Å². The largest absolute Gasteiger partial charge is 0.297 e. The first-order chi connectivity index (χ1) is 8.75. The van der Waals surface area contributed by atoms with E-state index in [2.05, 4.69) is 0 Å². The lowest BCUT2D eigenvalue weighted by Gasteiger charge is -2.10. The predicted octanol–water partition coefficient (Wildman–Crippen LogP) is 3.68. The third kappa shape index (κ3) is 1.87. The molecule has 1 aromatic rings. The molecular weight excluding hydrogens is 241 g/mol. The van der Waals surface area contributed by atoms with E-state index in [1.807, 2.05) is 33.8 Å². The Hall–Kier alpha value is -1.69. The molecule has 2 rings (SSSR count). The molecule has 100 valence electrons. The molecule has 0 amide bonds. The zero-order valence-corrected chi connectivity index (χ0v) is 11.7. The van der Waals surface area contributed by atoms with Gasteiger partial charge in [0.25, 0.3) is 0 Å². The number of ketones is 1. The van der Waals surface area contributed by atoms with Gasteiger partial charge in [0.15, 0.2) is 5.78 Å². The number of carbonyl (C=O) groups excluding carboxylic acids is 1. The molecule has 0 saturated heterocycles. The molecule has 19 heavy (non-hydrogen) atoms. The summed E-state index contributed by atoms with van der Waals surface area (Å²) >= 11 is 0. The second kappa shape index (κ2) is 4.16. The standard InChI is InChI=1S/C16H18FNO/c1-15(2)14(16(15,3)4)13(19)11(9-18)10-7-5-6-8-12(10)17/h5-8,11,14H,1-4H3. The molecule has 1 aliphatic carbocycles. The molecule has 1 aromatic carbocycles. The van der Waals surface area contributed by atoms with Crippen LogP contribution < -0.4 is 0 Å². The van der Waals surface area contributed by atoms with Crippen molar-refractivity contribution in [1.82, 2.24) is 0 Å². The smallest absolute Gasteiger partial charge is 0.158 e. The fourth-order valence-corrected chi connectivity index (χ4v) is 3.07. The van der Waals surface area contributed by atoms with Crippen LogP contribution in [0.5, 0.6) is 0 Å². The van der Waals surface area contributed by atoms with Gasteiger partial charge in [-0.15, -0.1) is 0 Å². The summed E-state index contributed by atoms with van der Waals surface area (Å²) < 4.78 is 13.8. The fraction of sp³-hybridized carbons (Fsp3) is 0.500. The van der Waals surface area contributed by atoms with Gasteiger partial charge in [-0.3, -0.25) is 4.79 Å². The highest BCUT2D eigenvalue weighted by Gasteiger charge is 2.68. The van der Waals surface area contributed by atoms with Crippen molar-refractivity contribution < 1.29 is 9.18 Å². The molecule has 0 heterocycles. The summed E-state index contributed by atoms with van der Waals surface area (Å²) in [5, 5.41) is 9.25. The normalized spacial score (nSPS) is 21.5. The van der Waals surface area contributed by atoms with Gasteiger partial charge in [-0.25, -0.2) is 4.39 Å². The number of nitriles is 1. The Morgan fingerprint density at radius 3 is 2.21 bits per heavy atom. The molecule has 0 bridgehead atoms. The first-order valence-corrected chi connectivity index (χ1v) is 6.43. The van der Waals surface area contributed by atoms with Crippen LogP contribution in [-0.2, 0) is 4.79 Å². The van der Waals surface area contributed by atoms with Crippen LogP contribution in [0, 0.1) is 33.9 Å². The van der Waals surface area contributed by atoms with Gasteiger partial charge in [-0.2, -0.15) is 5.26 Å². The third-order valence-electron chi connectivity index (χ3n) is 4.94. The molecule has 1 atom stereocenters. The Bertz CT molecular complexity index is 554. The van der Waals surface area contributed by atoms with Gasteiger partial charge < -0.3 is 0 Å². The second-order valence-electron chi connectivity index (χ2n) is 6.36. The molecule has 0 radical (unpaired) electrons. The third-order valence-corrected chi connectivity index (χ3v) is 4.94. The molecule has 1 aliphatic rings. The maximum absolute atomic E-state index is 13.8. The number of nitrogens with zero attached hydrogens (tertiary/aromatic N) is 1. The Kier molecular flexibility index (Phi) is 3.01. The van der Waals surface area contributed by atoms with E-state index in [0.717, 1.165) is 0 Å². The molecule has 0 aliphatic heterocycles. The van der Waals surface area contributed by atoms with Gasteiger partial charge in [0.1, 0.15) is 11.7 Å². The van der Waals surface area contributed by atoms with Crippen LogP contribution in [0.4, 0.5) is 4.39 Å². The van der Waals surface area contributed by atoms with Crippen molar-refractivity contribution in [3.63, 3.8) is 0 Å². The maximum atomic E-state index is 13.8. The molecular formula is C16H18FNO. The zero-order chi connectivity index (χ0) is 14.4. The lowest BCUT2D eigenvalue weighted by Crippen LogP contribution is -2.17. The SMILES string of the molecule is CC1(C)C(C(=O)C(C#N)c2ccccc2F)C1(C)C. The molecule has 1 saturated carbocycles. The van der Waals surface area contributed by atoms with Crippen molar-refractivity contribution in [1.29, 1.82) is 5.26 Å². The first kappa shape index (κ1) is 13.7. The highest BCUT2D eigenvalue weighted by atomic mass is 19.1. The number of carbonyl (C=O) groups is 1. The van der Waals surface area contributed by atoms with Gasteiger partial charge in [0, 0.05) is 11.5 Å². The van der Waals surface area contributed by atoms with E-state index in [9.17, 15) is 14.4 Å². The number of benzene rings is 1. The molecule has 2 nitrogen and oxygen atoms in total. The van der Waals surface area contributed by atoms with Crippen molar-refractivity contribution in [3.8, 4) is 6.07 Å². The van der Waals surface area contributed by atoms with Gasteiger partial charge in [0.2, 0.25) is 0 Å². The number of hydrogen-bond donors (Lipinski definition) is 0. The Balaban J connectivity index is 2.34. The van der Waals surface area contributed by atoms with Crippen LogP contribution in [0.15, 0.2) is 24.3 Å². The highest BCUT2D eigenvalue weighted by molar-refractivity contribution is 5.94. The Labute approximate surface area is 113 Å². The van der Waals surface area contributed by atoms with E-state index in [-0.39, 0.29) is 28.1 Å². The molecule has 3 heteroatoms. The predicted molar refractivity (Wildman–Crippen MR) is 70.8 cm³/mol. The molecule has 0 spiro atoms. The monoisotopic (exact) mass is 259 g/mol. The summed E-state index contributed by atoms with van der Waals surface area (Å²) in [6, 6.07) is 7.98. The quantitative estimate of drug-likeness (QED) is 0.830. The van der Waals surface area contributed by atoms with E-state index in [4.69, 9.17) is 0 Å². The fourth-order valence-electron chi connectivity index (χ4n) is 3.07. The van der Waals surface area contributed by atoms with Gasteiger partial charge in [-0.05, 0) is 16.9 Å². The first-order valence-electron chi connectivity index (χ1n) is 6.43. The van der Waals surface area contributed by atoms with Crippen molar-refractivity contribution in [2.75, 3.05) is 0 Å². The van der Waals surface area contributed by atoms with Gasteiger partial charge in [0.05, 0.1) is 6.07 Å². The van der Waals surface area contributed by atoms with E-state index >= 15 is 0 Å². The lowest BCUT2D eigenvalue weighted by atomic mass is 9.90. The molecule has 0 aromatic heterocycles. The average molecular weight is 259 g/mol. The van der Waals surface area contributed by atoms with Crippen molar-refractivity contribution in [2.24, 2.45) is 16.7 Å². The highest BCUT2D eigenvalue weighted by Crippen LogP contribution is 2.69. The molecule has 1 fully saturated rings. The number of halogens is 1. The summed E-state index contributed by atoms with van der Waals surface area (Å²) in [6.07, 6.45) is 0. The summed E-state index contributed by atoms with van der Waals surface area (Å²) in [7, 11) is 0. The van der Waals surface area contributed by atoms with Gasteiger partial charge >= 0.3 is 0 Å². The van der Waals surface area contributed by atoms with E-state index < -0.39 is 11.7 Å². The lowest BCUT2D eigenvalue weighted by molar-refractivity contribution is -0.121. The van der Waals surface area contributed by atoms with Crippen LogP contribution in [-0.4, -0.2) is 5.78 Å². The minimum atomic E-state index is -1.01. The van der Waals surface area contributed by atoms with Crippen LogP contribution in [0.1, 0.15) is 39.2 Å². The van der Waals surface area contributed by atoms with Crippen LogP contribution >= 0.6 is 0 Å². The summed E-state index contributed by atoms with van der Waals surface area (Å²) in [5.41, 5.74) is -0.0805. The minimum absolute atomic E-state index is 0.134. The van der Waals surface area contributed by atoms with Crippen LogP contribution in [0.3, 0.4) is 0 Å². The number of hydrogen-bond acceptors (Lipinski definition) is 2. The van der Waals surface area contributed by atoms with E-state index in [1.165, 1.54) is 12.1 Å². The van der Waals surface area contributed by atoms with E-state index in [0.29, 0.717) is 0 Å². The second-order valence-corrected chi connectivity index (χ2v) is 6.36.